The highest BCUT2D eigenvalue weighted by Gasteiger charge is 2.27. The summed E-state index contributed by atoms with van der Waals surface area (Å²) in [4.78, 5) is 13.9. The van der Waals surface area contributed by atoms with Crippen LogP contribution in [0.3, 0.4) is 0 Å². The zero-order valence-corrected chi connectivity index (χ0v) is 13.8. The van der Waals surface area contributed by atoms with Crippen LogP contribution in [-0.4, -0.2) is 50.7 Å². The lowest BCUT2D eigenvalue weighted by molar-refractivity contribution is -0.130. The van der Waals surface area contributed by atoms with E-state index in [9.17, 15) is 13.2 Å². The van der Waals surface area contributed by atoms with Crippen molar-refractivity contribution in [3.8, 4) is 6.07 Å². The molecule has 0 bridgehead atoms. The van der Waals surface area contributed by atoms with Gasteiger partial charge in [0, 0.05) is 6.54 Å². The fourth-order valence-corrected chi connectivity index (χ4v) is 3.96. The van der Waals surface area contributed by atoms with Crippen molar-refractivity contribution in [1.82, 2.24) is 10.2 Å². The van der Waals surface area contributed by atoms with Gasteiger partial charge in [0.15, 0.2) is 9.84 Å². The maximum absolute atomic E-state index is 12.1. The van der Waals surface area contributed by atoms with Crippen molar-refractivity contribution in [1.29, 1.82) is 5.26 Å². The molecule has 124 valence electrons. The summed E-state index contributed by atoms with van der Waals surface area (Å²) in [5.74, 6) is -0.0529. The van der Waals surface area contributed by atoms with Gasteiger partial charge in [0.25, 0.3) is 0 Å². The van der Waals surface area contributed by atoms with E-state index in [0.29, 0.717) is 24.4 Å². The van der Waals surface area contributed by atoms with Gasteiger partial charge >= 0.3 is 0 Å². The summed E-state index contributed by atoms with van der Waals surface area (Å²) in [6, 6.07) is 10.2. The third-order valence-electron chi connectivity index (χ3n) is 3.87. The summed E-state index contributed by atoms with van der Waals surface area (Å²) in [5.41, 5.74) is 0. The van der Waals surface area contributed by atoms with Crippen LogP contribution < -0.4 is 5.32 Å². The van der Waals surface area contributed by atoms with Crippen molar-refractivity contribution in [3.63, 3.8) is 0 Å². The average molecular weight is 335 g/mol. The van der Waals surface area contributed by atoms with Gasteiger partial charge in [0.1, 0.15) is 6.04 Å². The van der Waals surface area contributed by atoms with E-state index in [1.807, 2.05) is 0 Å². The van der Waals surface area contributed by atoms with Gasteiger partial charge in [-0.1, -0.05) is 18.2 Å². The molecule has 7 heteroatoms. The molecule has 1 aromatic rings. The van der Waals surface area contributed by atoms with Crippen LogP contribution in [0.4, 0.5) is 0 Å². The maximum Gasteiger partial charge on any atom is 0.237 e. The molecule has 1 unspecified atom stereocenters. The van der Waals surface area contributed by atoms with E-state index >= 15 is 0 Å². The molecule has 0 aromatic heterocycles. The predicted molar refractivity (Wildman–Crippen MR) is 86.3 cm³/mol. The van der Waals surface area contributed by atoms with Gasteiger partial charge < -0.3 is 10.2 Å². The van der Waals surface area contributed by atoms with Gasteiger partial charge in [-0.15, -0.1) is 0 Å². The molecular weight excluding hydrogens is 314 g/mol. The Morgan fingerprint density at radius 2 is 2.09 bits per heavy atom. The lowest BCUT2D eigenvalue weighted by Crippen LogP contribution is -2.40. The van der Waals surface area contributed by atoms with E-state index in [4.69, 9.17) is 5.26 Å². The Bertz CT molecular complexity index is 668. The summed E-state index contributed by atoms with van der Waals surface area (Å²) in [6.45, 7) is 1.22. The third-order valence-corrected chi connectivity index (χ3v) is 5.68. The van der Waals surface area contributed by atoms with Crippen LogP contribution in [-0.2, 0) is 14.6 Å². The van der Waals surface area contributed by atoms with Crippen LogP contribution in [0.15, 0.2) is 35.2 Å². The average Bonchev–Trinajstić information content (AvgIpc) is 3.04. The van der Waals surface area contributed by atoms with Crippen molar-refractivity contribution in [2.45, 2.75) is 30.2 Å². The molecule has 1 aliphatic heterocycles. The van der Waals surface area contributed by atoms with Crippen molar-refractivity contribution >= 4 is 15.7 Å². The molecular formula is C16H21N3O3S. The van der Waals surface area contributed by atoms with Gasteiger partial charge in [0.2, 0.25) is 5.91 Å². The number of sulfone groups is 1. The van der Waals surface area contributed by atoms with Crippen molar-refractivity contribution in [2.75, 3.05) is 25.4 Å². The highest BCUT2D eigenvalue weighted by Crippen LogP contribution is 2.16. The molecule has 23 heavy (non-hydrogen) atoms. The number of carbonyl (C=O) groups excluding carboxylic acids is 1. The minimum absolute atomic E-state index is 0.0444. The highest BCUT2D eigenvalue weighted by atomic mass is 32.2. The number of carbonyl (C=O) groups is 1. The van der Waals surface area contributed by atoms with Crippen molar-refractivity contribution in [2.24, 2.45) is 0 Å². The third kappa shape index (κ3) is 4.78. The number of benzene rings is 1. The van der Waals surface area contributed by atoms with Crippen LogP contribution in [0.25, 0.3) is 0 Å². The van der Waals surface area contributed by atoms with Crippen LogP contribution in [0.5, 0.6) is 0 Å². The molecule has 1 atom stereocenters. The molecule has 6 nitrogen and oxygen atoms in total. The minimum atomic E-state index is -3.27. The van der Waals surface area contributed by atoms with Crippen molar-refractivity contribution in [3.05, 3.63) is 30.3 Å². The molecule has 0 saturated carbocycles. The Balaban J connectivity index is 1.70. The molecule has 1 N–H and O–H groups in total. The highest BCUT2D eigenvalue weighted by molar-refractivity contribution is 7.91. The topological polar surface area (TPSA) is 90.3 Å². The second-order valence-electron chi connectivity index (χ2n) is 5.54. The fourth-order valence-electron chi connectivity index (χ4n) is 2.63. The lowest BCUT2D eigenvalue weighted by Gasteiger charge is -2.19. The Morgan fingerprint density at radius 3 is 2.78 bits per heavy atom. The monoisotopic (exact) mass is 335 g/mol. The van der Waals surface area contributed by atoms with Gasteiger partial charge in [-0.25, -0.2) is 8.42 Å². The number of hydrogen-bond acceptors (Lipinski definition) is 5. The van der Waals surface area contributed by atoms with Crippen LogP contribution >= 0.6 is 0 Å². The van der Waals surface area contributed by atoms with E-state index in [1.54, 1.807) is 35.2 Å². The molecule has 1 amide bonds. The number of amides is 1. The normalized spacial score (nSPS) is 17.9. The van der Waals surface area contributed by atoms with E-state index in [0.717, 1.165) is 12.8 Å². The maximum atomic E-state index is 12.1. The van der Waals surface area contributed by atoms with Crippen molar-refractivity contribution < 1.29 is 13.2 Å². The zero-order chi connectivity index (χ0) is 16.7. The first-order chi connectivity index (χ1) is 11.0. The Hall–Kier alpha value is -1.91. The standard InChI is InChI=1S/C16H21N3O3S/c17-12-14-6-4-10-19(14)16(20)13-18-9-5-11-23(21,22)15-7-2-1-3-8-15/h1-3,7-8,14,18H,4-6,9-11,13H2. The number of hydrogen-bond donors (Lipinski definition) is 1. The van der Waals surface area contributed by atoms with Crippen LogP contribution in [0.1, 0.15) is 19.3 Å². The Morgan fingerprint density at radius 1 is 1.35 bits per heavy atom. The van der Waals surface area contributed by atoms with Gasteiger partial charge in [-0.3, -0.25) is 4.79 Å². The first kappa shape index (κ1) is 17.4. The van der Waals surface area contributed by atoms with E-state index in [-0.39, 0.29) is 24.2 Å². The molecule has 2 rings (SSSR count). The molecule has 1 fully saturated rings. The smallest absolute Gasteiger partial charge is 0.237 e. The van der Waals surface area contributed by atoms with Gasteiger partial charge in [-0.05, 0) is 37.9 Å². The number of nitrogens with zero attached hydrogens (tertiary/aromatic N) is 2. The number of nitriles is 1. The van der Waals surface area contributed by atoms with E-state index in [1.165, 1.54) is 0 Å². The van der Waals surface area contributed by atoms with Crippen LogP contribution in [0.2, 0.25) is 0 Å². The molecule has 0 aliphatic carbocycles. The molecule has 1 saturated heterocycles. The first-order valence-corrected chi connectivity index (χ1v) is 9.37. The lowest BCUT2D eigenvalue weighted by atomic mass is 10.2. The summed E-state index contributed by atoms with van der Waals surface area (Å²) >= 11 is 0. The SMILES string of the molecule is N#CC1CCCN1C(=O)CNCCCS(=O)(=O)c1ccccc1. The van der Waals surface area contributed by atoms with Gasteiger partial charge in [0.05, 0.1) is 23.3 Å². The minimum Gasteiger partial charge on any atom is -0.326 e. The Labute approximate surface area is 137 Å². The molecule has 0 radical (unpaired) electrons. The number of rotatable bonds is 7. The summed E-state index contributed by atoms with van der Waals surface area (Å²) in [5, 5.41) is 11.9. The second-order valence-corrected chi connectivity index (χ2v) is 7.65. The van der Waals surface area contributed by atoms with Crippen LogP contribution in [0, 0.1) is 11.3 Å². The summed E-state index contributed by atoms with van der Waals surface area (Å²) in [6.07, 6.45) is 2.03. The zero-order valence-electron chi connectivity index (χ0n) is 12.9. The summed E-state index contributed by atoms with van der Waals surface area (Å²) in [7, 11) is -3.27. The molecule has 1 aliphatic rings. The fraction of sp³-hybridized carbons (Fsp3) is 0.500. The van der Waals surface area contributed by atoms with E-state index in [2.05, 4.69) is 11.4 Å². The number of nitrogens with one attached hydrogen (secondary N) is 1. The van der Waals surface area contributed by atoms with Gasteiger partial charge in [-0.2, -0.15) is 5.26 Å². The first-order valence-electron chi connectivity index (χ1n) is 7.72. The molecule has 0 spiro atoms. The second kappa shape index (κ2) is 8.09. The number of likely N-dealkylation sites (tertiary alicyclic amines) is 1. The quantitative estimate of drug-likeness (QED) is 0.749. The molecule has 1 aromatic carbocycles. The molecule has 1 heterocycles. The predicted octanol–water partition coefficient (Wildman–Crippen LogP) is 0.955. The summed E-state index contributed by atoms with van der Waals surface area (Å²) < 4.78 is 24.2. The largest absolute Gasteiger partial charge is 0.326 e. The Kier molecular flexibility index (Phi) is 6.13. The van der Waals surface area contributed by atoms with E-state index < -0.39 is 9.84 Å².